The quantitative estimate of drug-likeness (QED) is 0.773. The lowest BCUT2D eigenvalue weighted by Crippen LogP contribution is -1.97. The molecule has 0 radical (unpaired) electrons. The highest BCUT2D eigenvalue weighted by Gasteiger charge is 2.09. The molecular formula is C11H10FN3S. The molecule has 0 saturated heterocycles. The van der Waals surface area contributed by atoms with Gasteiger partial charge in [0.1, 0.15) is 10.3 Å². The van der Waals surface area contributed by atoms with Crippen LogP contribution in [-0.2, 0) is 0 Å². The van der Waals surface area contributed by atoms with Crippen LogP contribution in [-0.4, -0.2) is 15.0 Å². The molecule has 3 nitrogen and oxygen atoms in total. The molecule has 0 aliphatic heterocycles. The van der Waals surface area contributed by atoms with Gasteiger partial charge < -0.3 is 4.98 Å². The van der Waals surface area contributed by atoms with Crippen LogP contribution >= 0.6 is 12.2 Å². The standard InChI is InChI=1S/C11H10FN3S/c1-6-7(2)15-11(16)10(14-6)8-3-4-13-5-9(8)12/h3-5H,1-2H3,(H,15,16). The van der Waals surface area contributed by atoms with Crippen LogP contribution in [0.4, 0.5) is 4.39 Å². The van der Waals surface area contributed by atoms with Crippen LogP contribution in [0.25, 0.3) is 11.3 Å². The molecule has 2 aromatic heterocycles. The van der Waals surface area contributed by atoms with Crippen LogP contribution in [0, 0.1) is 24.3 Å². The van der Waals surface area contributed by atoms with Crippen molar-refractivity contribution in [3.8, 4) is 11.3 Å². The van der Waals surface area contributed by atoms with Crippen LogP contribution in [0.3, 0.4) is 0 Å². The van der Waals surface area contributed by atoms with Crippen molar-refractivity contribution in [3.05, 3.63) is 40.3 Å². The van der Waals surface area contributed by atoms with Gasteiger partial charge in [0.25, 0.3) is 0 Å². The Bertz CT molecular complexity index is 592. The van der Waals surface area contributed by atoms with E-state index in [9.17, 15) is 4.39 Å². The molecule has 0 aromatic carbocycles. The molecule has 0 amide bonds. The monoisotopic (exact) mass is 235 g/mol. The summed E-state index contributed by atoms with van der Waals surface area (Å²) in [5.74, 6) is -0.419. The average molecular weight is 235 g/mol. The number of pyridine rings is 1. The van der Waals surface area contributed by atoms with Gasteiger partial charge in [0.05, 0.1) is 11.9 Å². The Balaban J connectivity index is 2.70. The number of nitrogens with zero attached hydrogens (tertiary/aromatic N) is 2. The van der Waals surface area contributed by atoms with Gasteiger partial charge in [0, 0.05) is 17.5 Å². The minimum Gasteiger partial charge on any atom is -0.347 e. The summed E-state index contributed by atoms with van der Waals surface area (Å²) < 4.78 is 14.0. The molecule has 0 fully saturated rings. The molecule has 82 valence electrons. The molecule has 2 rings (SSSR count). The van der Waals surface area contributed by atoms with Gasteiger partial charge in [-0.15, -0.1) is 0 Å². The summed E-state index contributed by atoms with van der Waals surface area (Å²) in [6.07, 6.45) is 2.67. The smallest absolute Gasteiger partial charge is 0.150 e. The Morgan fingerprint density at radius 1 is 1.38 bits per heavy atom. The first-order valence-electron chi connectivity index (χ1n) is 4.77. The fourth-order valence-corrected chi connectivity index (χ4v) is 1.68. The first kappa shape index (κ1) is 10.9. The van der Waals surface area contributed by atoms with E-state index in [-0.39, 0.29) is 0 Å². The highest BCUT2D eigenvalue weighted by atomic mass is 32.1. The van der Waals surface area contributed by atoms with E-state index in [1.165, 1.54) is 6.20 Å². The second-order valence-electron chi connectivity index (χ2n) is 3.48. The van der Waals surface area contributed by atoms with E-state index >= 15 is 0 Å². The lowest BCUT2D eigenvalue weighted by molar-refractivity contribution is 0.624. The number of aromatic amines is 1. The van der Waals surface area contributed by atoms with Gasteiger partial charge in [-0.2, -0.15) is 0 Å². The number of rotatable bonds is 1. The molecule has 1 N–H and O–H groups in total. The number of aryl methyl sites for hydroxylation is 2. The van der Waals surface area contributed by atoms with Gasteiger partial charge in [-0.05, 0) is 19.9 Å². The Morgan fingerprint density at radius 2 is 2.12 bits per heavy atom. The predicted molar refractivity (Wildman–Crippen MR) is 62.1 cm³/mol. The largest absolute Gasteiger partial charge is 0.347 e. The van der Waals surface area contributed by atoms with Crippen molar-refractivity contribution in [1.29, 1.82) is 0 Å². The van der Waals surface area contributed by atoms with Crippen molar-refractivity contribution in [3.63, 3.8) is 0 Å². The van der Waals surface area contributed by atoms with Crippen LogP contribution in [0.15, 0.2) is 18.5 Å². The molecule has 0 aliphatic carbocycles. The van der Waals surface area contributed by atoms with Gasteiger partial charge in [0.2, 0.25) is 0 Å². The van der Waals surface area contributed by atoms with Gasteiger partial charge >= 0.3 is 0 Å². The SMILES string of the molecule is Cc1nc(-c2ccncc2F)c(=S)[nH]c1C. The van der Waals surface area contributed by atoms with Crippen LogP contribution < -0.4 is 0 Å². The third-order valence-electron chi connectivity index (χ3n) is 2.37. The molecule has 2 aromatic rings. The Hall–Kier alpha value is -1.62. The normalized spacial score (nSPS) is 10.4. The fourth-order valence-electron chi connectivity index (χ4n) is 1.37. The summed E-state index contributed by atoms with van der Waals surface area (Å²) in [6, 6.07) is 1.57. The van der Waals surface area contributed by atoms with E-state index in [2.05, 4.69) is 15.0 Å². The van der Waals surface area contributed by atoms with Gasteiger partial charge in [-0.25, -0.2) is 9.37 Å². The highest BCUT2D eigenvalue weighted by Crippen LogP contribution is 2.21. The summed E-state index contributed by atoms with van der Waals surface area (Å²) >= 11 is 5.14. The highest BCUT2D eigenvalue weighted by molar-refractivity contribution is 7.71. The molecule has 0 bridgehead atoms. The summed E-state index contributed by atoms with van der Waals surface area (Å²) in [4.78, 5) is 11.0. The summed E-state index contributed by atoms with van der Waals surface area (Å²) in [7, 11) is 0. The van der Waals surface area contributed by atoms with E-state index < -0.39 is 5.82 Å². The van der Waals surface area contributed by atoms with E-state index in [0.717, 1.165) is 17.6 Å². The van der Waals surface area contributed by atoms with Crippen molar-refractivity contribution in [2.24, 2.45) is 0 Å². The summed E-state index contributed by atoms with van der Waals surface area (Å²) in [5, 5.41) is 0. The maximum Gasteiger partial charge on any atom is 0.150 e. The van der Waals surface area contributed by atoms with Crippen molar-refractivity contribution >= 4 is 12.2 Å². The van der Waals surface area contributed by atoms with Gasteiger partial charge in [-0.3, -0.25) is 4.98 Å². The number of hydrogen-bond acceptors (Lipinski definition) is 3. The maximum atomic E-state index is 13.5. The summed E-state index contributed by atoms with van der Waals surface area (Å²) in [5.41, 5.74) is 2.53. The summed E-state index contributed by atoms with van der Waals surface area (Å²) in [6.45, 7) is 3.73. The molecule has 16 heavy (non-hydrogen) atoms. The van der Waals surface area contributed by atoms with Crippen LogP contribution in [0.5, 0.6) is 0 Å². The van der Waals surface area contributed by atoms with E-state index in [1.54, 1.807) is 6.07 Å². The van der Waals surface area contributed by atoms with Gasteiger partial charge in [-0.1, -0.05) is 12.2 Å². The van der Waals surface area contributed by atoms with E-state index in [1.807, 2.05) is 13.8 Å². The number of H-pyrrole nitrogens is 1. The second-order valence-corrected chi connectivity index (χ2v) is 3.89. The third-order valence-corrected chi connectivity index (χ3v) is 2.66. The molecular weight excluding hydrogens is 225 g/mol. The van der Waals surface area contributed by atoms with Crippen LogP contribution in [0.1, 0.15) is 11.4 Å². The molecule has 0 unspecified atom stereocenters. The Morgan fingerprint density at radius 3 is 2.81 bits per heavy atom. The zero-order valence-corrected chi connectivity index (χ0v) is 9.73. The fraction of sp³-hybridized carbons (Fsp3) is 0.182. The Labute approximate surface area is 97.4 Å². The molecule has 0 spiro atoms. The first-order chi connectivity index (χ1) is 7.59. The van der Waals surface area contributed by atoms with E-state index in [4.69, 9.17) is 12.2 Å². The van der Waals surface area contributed by atoms with Crippen molar-refractivity contribution in [1.82, 2.24) is 15.0 Å². The molecule has 2 heterocycles. The van der Waals surface area contributed by atoms with Crippen molar-refractivity contribution in [2.45, 2.75) is 13.8 Å². The van der Waals surface area contributed by atoms with Crippen LogP contribution in [0.2, 0.25) is 0 Å². The molecule has 0 saturated carbocycles. The number of aromatic nitrogens is 3. The third kappa shape index (κ3) is 1.86. The van der Waals surface area contributed by atoms with Crippen molar-refractivity contribution in [2.75, 3.05) is 0 Å². The molecule has 5 heteroatoms. The minimum atomic E-state index is -0.419. The van der Waals surface area contributed by atoms with E-state index in [0.29, 0.717) is 15.9 Å². The molecule has 0 atom stereocenters. The molecule has 0 aliphatic rings. The van der Waals surface area contributed by atoms with Gasteiger partial charge in [0.15, 0.2) is 5.82 Å². The zero-order chi connectivity index (χ0) is 11.7. The maximum absolute atomic E-state index is 13.5. The number of hydrogen-bond donors (Lipinski definition) is 1. The number of halogens is 1. The Kier molecular flexibility index (Phi) is 2.78. The topological polar surface area (TPSA) is 41.6 Å². The minimum absolute atomic E-state index is 0.374. The zero-order valence-electron chi connectivity index (χ0n) is 8.91. The first-order valence-corrected chi connectivity index (χ1v) is 5.18. The second kappa shape index (κ2) is 4.09. The average Bonchev–Trinajstić information content (AvgIpc) is 2.25. The predicted octanol–water partition coefficient (Wildman–Crippen LogP) is 2.96. The van der Waals surface area contributed by atoms with Crippen molar-refractivity contribution < 1.29 is 4.39 Å². The lowest BCUT2D eigenvalue weighted by atomic mass is 10.2. The lowest BCUT2D eigenvalue weighted by Gasteiger charge is -2.05. The number of nitrogens with one attached hydrogen (secondary N) is 1.